The van der Waals surface area contributed by atoms with Crippen LogP contribution in [0, 0.1) is 0 Å². The van der Waals surface area contributed by atoms with Crippen molar-refractivity contribution in [3.8, 4) is 5.75 Å². The quantitative estimate of drug-likeness (QED) is 0.832. The van der Waals surface area contributed by atoms with Crippen molar-refractivity contribution in [3.63, 3.8) is 0 Å². The molecule has 1 saturated heterocycles. The number of nitrogens with zero attached hydrogens (tertiary/aromatic N) is 1. The van der Waals surface area contributed by atoms with E-state index in [-0.39, 0.29) is 19.1 Å². The van der Waals surface area contributed by atoms with Gasteiger partial charge in [-0.1, -0.05) is 18.2 Å². The summed E-state index contributed by atoms with van der Waals surface area (Å²) in [5.41, 5.74) is 0.806. The number of hydrogen-bond donors (Lipinski definition) is 1. The van der Waals surface area contributed by atoms with E-state index in [1.165, 1.54) is 11.0 Å². The maximum atomic E-state index is 12.2. The predicted octanol–water partition coefficient (Wildman–Crippen LogP) is 1.41. The van der Waals surface area contributed by atoms with E-state index in [1.807, 2.05) is 31.2 Å². The third-order valence-corrected chi connectivity index (χ3v) is 3.28. The Bertz CT molecular complexity index is 569. The van der Waals surface area contributed by atoms with Crippen LogP contribution in [-0.2, 0) is 14.3 Å². The molecule has 0 radical (unpaired) electrons. The van der Waals surface area contributed by atoms with E-state index in [0.717, 1.165) is 5.56 Å². The predicted molar refractivity (Wildman–Crippen MR) is 80.6 cm³/mol. The van der Waals surface area contributed by atoms with Crippen LogP contribution in [0.25, 0.3) is 6.08 Å². The molecule has 0 spiro atoms. The molecule has 1 aromatic rings. The van der Waals surface area contributed by atoms with E-state index in [9.17, 15) is 9.59 Å². The Labute approximate surface area is 128 Å². The fraction of sp³-hybridized carbons (Fsp3) is 0.375. The summed E-state index contributed by atoms with van der Waals surface area (Å²) in [6.07, 6.45) is 2.16. The molecule has 1 aliphatic rings. The number of morpholine rings is 1. The maximum absolute atomic E-state index is 12.2. The van der Waals surface area contributed by atoms with Gasteiger partial charge in [0.05, 0.1) is 19.8 Å². The summed E-state index contributed by atoms with van der Waals surface area (Å²) in [6, 6.07) is 7.42. The molecule has 2 rings (SSSR count). The maximum Gasteiger partial charge on any atom is 0.334 e. The molecule has 0 aliphatic carbocycles. The van der Waals surface area contributed by atoms with Crippen molar-refractivity contribution in [1.29, 1.82) is 0 Å². The molecule has 118 valence electrons. The highest BCUT2D eigenvalue weighted by atomic mass is 16.5. The molecule has 1 heterocycles. The number of amides is 1. The Balaban J connectivity index is 2.03. The largest absolute Gasteiger partial charge is 0.493 e. The minimum absolute atomic E-state index is 0.0611. The fourth-order valence-electron chi connectivity index (χ4n) is 2.17. The Morgan fingerprint density at radius 3 is 2.95 bits per heavy atom. The van der Waals surface area contributed by atoms with Gasteiger partial charge in [-0.15, -0.1) is 0 Å². The van der Waals surface area contributed by atoms with Gasteiger partial charge in [0.25, 0.3) is 0 Å². The lowest BCUT2D eigenvalue weighted by molar-refractivity contribution is -0.158. The van der Waals surface area contributed by atoms with Gasteiger partial charge in [-0.05, 0) is 19.1 Å². The first-order valence-electron chi connectivity index (χ1n) is 7.15. The van der Waals surface area contributed by atoms with E-state index < -0.39 is 12.1 Å². The third kappa shape index (κ3) is 4.08. The highest BCUT2D eigenvalue weighted by Crippen LogP contribution is 2.19. The first-order chi connectivity index (χ1) is 10.6. The highest BCUT2D eigenvalue weighted by molar-refractivity contribution is 5.92. The number of aliphatic carboxylic acids is 1. The summed E-state index contributed by atoms with van der Waals surface area (Å²) in [7, 11) is 0. The lowest BCUT2D eigenvalue weighted by Gasteiger charge is -2.30. The van der Waals surface area contributed by atoms with Crippen molar-refractivity contribution in [3.05, 3.63) is 35.9 Å². The molecule has 1 fully saturated rings. The molecule has 1 N–H and O–H groups in total. The number of ether oxygens (including phenoxy) is 2. The van der Waals surface area contributed by atoms with E-state index in [4.69, 9.17) is 14.6 Å². The molecule has 0 bridgehead atoms. The second-order valence-electron chi connectivity index (χ2n) is 4.79. The standard InChI is InChI=1S/C16H19NO5/c1-2-21-13-6-4-3-5-12(13)7-8-15(18)17-9-10-22-14(11-17)16(19)20/h3-8,14H,2,9-11H2,1H3,(H,19,20). The molecular weight excluding hydrogens is 286 g/mol. The number of para-hydroxylation sites is 1. The van der Waals surface area contributed by atoms with Gasteiger partial charge in [0, 0.05) is 18.2 Å². The zero-order valence-corrected chi connectivity index (χ0v) is 12.4. The Kier molecular flexibility index (Phi) is 5.55. The average molecular weight is 305 g/mol. The first kappa shape index (κ1) is 16.0. The summed E-state index contributed by atoms with van der Waals surface area (Å²) < 4.78 is 10.6. The lowest BCUT2D eigenvalue weighted by Crippen LogP contribution is -2.48. The van der Waals surface area contributed by atoms with Crippen molar-refractivity contribution >= 4 is 18.0 Å². The molecule has 22 heavy (non-hydrogen) atoms. The van der Waals surface area contributed by atoms with Crippen LogP contribution < -0.4 is 4.74 Å². The Morgan fingerprint density at radius 2 is 2.23 bits per heavy atom. The van der Waals surface area contributed by atoms with Crippen molar-refractivity contribution in [2.24, 2.45) is 0 Å². The molecule has 0 aromatic heterocycles. The number of carbonyl (C=O) groups excluding carboxylic acids is 1. The fourth-order valence-corrected chi connectivity index (χ4v) is 2.17. The summed E-state index contributed by atoms with van der Waals surface area (Å²) in [6.45, 7) is 3.12. The molecular formula is C16H19NO5. The minimum atomic E-state index is -1.05. The monoisotopic (exact) mass is 305 g/mol. The van der Waals surface area contributed by atoms with Crippen molar-refractivity contribution in [1.82, 2.24) is 4.90 Å². The van der Waals surface area contributed by atoms with Crippen LogP contribution in [0.1, 0.15) is 12.5 Å². The van der Waals surface area contributed by atoms with Gasteiger partial charge in [0.15, 0.2) is 6.10 Å². The van der Waals surface area contributed by atoms with Gasteiger partial charge in [0.1, 0.15) is 5.75 Å². The minimum Gasteiger partial charge on any atom is -0.493 e. The molecule has 1 aromatic carbocycles. The van der Waals surface area contributed by atoms with E-state index in [2.05, 4.69) is 0 Å². The van der Waals surface area contributed by atoms with Crippen LogP contribution in [0.3, 0.4) is 0 Å². The average Bonchev–Trinajstić information content (AvgIpc) is 2.54. The SMILES string of the molecule is CCOc1ccccc1C=CC(=O)N1CCOC(C(=O)O)C1. The van der Waals surface area contributed by atoms with Crippen LogP contribution in [0.4, 0.5) is 0 Å². The second kappa shape index (κ2) is 7.61. The van der Waals surface area contributed by atoms with Gasteiger partial charge in [-0.2, -0.15) is 0 Å². The van der Waals surface area contributed by atoms with Crippen LogP contribution in [0.2, 0.25) is 0 Å². The number of hydrogen-bond acceptors (Lipinski definition) is 4. The number of rotatable bonds is 5. The second-order valence-corrected chi connectivity index (χ2v) is 4.79. The Morgan fingerprint density at radius 1 is 1.45 bits per heavy atom. The van der Waals surface area contributed by atoms with Gasteiger partial charge < -0.3 is 19.5 Å². The zero-order chi connectivity index (χ0) is 15.9. The molecule has 1 atom stereocenters. The van der Waals surface area contributed by atoms with Crippen LogP contribution in [0.5, 0.6) is 5.75 Å². The smallest absolute Gasteiger partial charge is 0.334 e. The van der Waals surface area contributed by atoms with Crippen molar-refractivity contribution < 1.29 is 24.2 Å². The Hall–Kier alpha value is -2.34. The molecule has 0 saturated carbocycles. The van der Waals surface area contributed by atoms with Gasteiger partial charge in [0.2, 0.25) is 5.91 Å². The van der Waals surface area contributed by atoms with Gasteiger partial charge in [-0.3, -0.25) is 4.79 Å². The van der Waals surface area contributed by atoms with E-state index >= 15 is 0 Å². The molecule has 1 amide bonds. The third-order valence-electron chi connectivity index (χ3n) is 3.28. The number of carboxylic acid groups (broad SMARTS) is 1. The lowest BCUT2D eigenvalue weighted by atomic mass is 10.2. The summed E-state index contributed by atoms with van der Waals surface area (Å²) in [4.78, 5) is 24.6. The normalized spacial score (nSPS) is 18.4. The van der Waals surface area contributed by atoms with Gasteiger partial charge >= 0.3 is 5.97 Å². The number of benzene rings is 1. The zero-order valence-electron chi connectivity index (χ0n) is 12.4. The summed E-state index contributed by atoms with van der Waals surface area (Å²) in [5, 5.41) is 8.94. The van der Waals surface area contributed by atoms with Crippen molar-refractivity contribution in [2.75, 3.05) is 26.3 Å². The number of carbonyl (C=O) groups is 2. The molecule has 6 heteroatoms. The first-order valence-corrected chi connectivity index (χ1v) is 7.15. The number of carboxylic acids is 1. The molecule has 1 aliphatic heterocycles. The van der Waals surface area contributed by atoms with Crippen LogP contribution >= 0.6 is 0 Å². The van der Waals surface area contributed by atoms with Gasteiger partial charge in [-0.25, -0.2) is 4.79 Å². The van der Waals surface area contributed by atoms with Crippen molar-refractivity contribution in [2.45, 2.75) is 13.0 Å². The van der Waals surface area contributed by atoms with E-state index in [1.54, 1.807) is 6.08 Å². The molecule has 6 nitrogen and oxygen atoms in total. The van der Waals surface area contributed by atoms with E-state index in [0.29, 0.717) is 18.9 Å². The van der Waals surface area contributed by atoms with Crippen LogP contribution in [0.15, 0.2) is 30.3 Å². The summed E-state index contributed by atoms with van der Waals surface area (Å²) in [5.74, 6) is -0.580. The van der Waals surface area contributed by atoms with Crippen LogP contribution in [-0.4, -0.2) is 54.3 Å². The molecule has 1 unspecified atom stereocenters. The highest BCUT2D eigenvalue weighted by Gasteiger charge is 2.27. The summed E-state index contributed by atoms with van der Waals surface area (Å²) >= 11 is 0. The topological polar surface area (TPSA) is 76.1 Å².